The van der Waals surface area contributed by atoms with E-state index >= 15 is 0 Å². The van der Waals surface area contributed by atoms with Crippen LogP contribution in [0, 0.1) is 5.92 Å². The molecule has 1 fully saturated rings. The van der Waals surface area contributed by atoms with Gasteiger partial charge in [-0.1, -0.05) is 30.3 Å². The van der Waals surface area contributed by atoms with Gasteiger partial charge in [0.15, 0.2) is 0 Å². The maximum absolute atomic E-state index is 11.3. The molecule has 1 amide bonds. The molecule has 0 heterocycles. The monoisotopic (exact) mass is 235 g/mol. The molecule has 17 heavy (non-hydrogen) atoms. The van der Waals surface area contributed by atoms with Gasteiger partial charge < -0.3 is 15.2 Å². The third-order valence-corrected chi connectivity index (χ3v) is 2.62. The minimum absolute atomic E-state index is 0.192. The number of hydrogen-bond donors (Lipinski definition) is 2. The van der Waals surface area contributed by atoms with E-state index in [-0.39, 0.29) is 12.6 Å². The average Bonchev–Trinajstić information content (AvgIpc) is 3.07. The van der Waals surface area contributed by atoms with Gasteiger partial charge in [0.25, 0.3) is 0 Å². The van der Waals surface area contributed by atoms with Gasteiger partial charge in [-0.25, -0.2) is 4.79 Å². The van der Waals surface area contributed by atoms with Crippen LogP contribution in [-0.4, -0.2) is 23.2 Å². The topological polar surface area (TPSA) is 75.6 Å². The Morgan fingerprint density at radius 2 is 2.06 bits per heavy atom. The molecular weight excluding hydrogens is 222 g/mol. The largest absolute Gasteiger partial charge is 0.481 e. The number of hydrogen-bond acceptors (Lipinski definition) is 3. The van der Waals surface area contributed by atoms with Crippen LogP contribution in [-0.2, 0) is 16.1 Å². The second kappa shape index (κ2) is 4.86. The summed E-state index contributed by atoms with van der Waals surface area (Å²) in [7, 11) is 0. The van der Waals surface area contributed by atoms with Crippen molar-refractivity contribution >= 4 is 12.1 Å². The minimum atomic E-state index is -0.877. The number of benzene rings is 1. The maximum Gasteiger partial charge on any atom is 0.407 e. The molecule has 90 valence electrons. The summed E-state index contributed by atoms with van der Waals surface area (Å²) in [6.45, 7) is 0.192. The Balaban J connectivity index is 1.71. The van der Waals surface area contributed by atoms with E-state index in [9.17, 15) is 9.59 Å². The molecule has 0 saturated heterocycles. The lowest BCUT2D eigenvalue weighted by atomic mass is 10.2. The molecule has 0 bridgehead atoms. The van der Waals surface area contributed by atoms with Crippen LogP contribution in [0.1, 0.15) is 12.0 Å². The van der Waals surface area contributed by atoms with Gasteiger partial charge in [0.2, 0.25) is 0 Å². The Bertz CT molecular complexity index is 418. The predicted octanol–water partition coefficient (Wildman–Crippen LogP) is 1.39. The first-order valence-corrected chi connectivity index (χ1v) is 5.37. The van der Waals surface area contributed by atoms with Gasteiger partial charge >= 0.3 is 12.1 Å². The van der Waals surface area contributed by atoms with E-state index in [1.54, 1.807) is 0 Å². The van der Waals surface area contributed by atoms with Crippen molar-refractivity contribution in [3.63, 3.8) is 0 Å². The molecule has 0 radical (unpaired) electrons. The zero-order valence-corrected chi connectivity index (χ0v) is 9.13. The van der Waals surface area contributed by atoms with E-state index in [4.69, 9.17) is 9.84 Å². The summed E-state index contributed by atoms with van der Waals surface area (Å²) in [5, 5.41) is 11.2. The Morgan fingerprint density at radius 1 is 1.35 bits per heavy atom. The Morgan fingerprint density at radius 3 is 2.65 bits per heavy atom. The van der Waals surface area contributed by atoms with Gasteiger partial charge in [0.1, 0.15) is 6.61 Å². The number of amides is 1. The molecule has 0 spiro atoms. The van der Waals surface area contributed by atoms with Crippen molar-refractivity contribution in [1.29, 1.82) is 0 Å². The van der Waals surface area contributed by atoms with Crippen LogP contribution in [0.25, 0.3) is 0 Å². The fourth-order valence-corrected chi connectivity index (χ4v) is 1.54. The first-order chi connectivity index (χ1) is 8.16. The van der Waals surface area contributed by atoms with Crippen LogP contribution in [0.3, 0.4) is 0 Å². The van der Waals surface area contributed by atoms with Crippen molar-refractivity contribution < 1.29 is 19.4 Å². The van der Waals surface area contributed by atoms with Crippen LogP contribution in [0.2, 0.25) is 0 Å². The highest BCUT2D eigenvalue weighted by atomic mass is 16.5. The SMILES string of the molecule is O=C(NC1CC1C(=O)O)OCc1ccccc1. The zero-order chi connectivity index (χ0) is 12.3. The van der Waals surface area contributed by atoms with Crippen LogP contribution in [0.4, 0.5) is 4.79 Å². The molecule has 5 heteroatoms. The van der Waals surface area contributed by atoms with Crippen LogP contribution in [0.5, 0.6) is 0 Å². The van der Waals surface area contributed by atoms with Gasteiger partial charge in [-0.15, -0.1) is 0 Å². The number of aliphatic carboxylic acids is 1. The quantitative estimate of drug-likeness (QED) is 0.826. The number of carbonyl (C=O) groups is 2. The summed E-state index contributed by atoms with van der Waals surface area (Å²) in [6.07, 6.45) is -0.0851. The summed E-state index contributed by atoms with van der Waals surface area (Å²) in [5.74, 6) is -1.34. The number of carbonyl (C=O) groups excluding carboxylic acids is 1. The lowest BCUT2D eigenvalue weighted by Crippen LogP contribution is -2.28. The lowest BCUT2D eigenvalue weighted by Gasteiger charge is -2.05. The number of carboxylic acids is 1. The van der Waals surface area contributed by atoms with Gasteiger partial charge in [-0.3, -0.25) is 4.79 Å². The molecule has 1 aromatic carbocycles. The second-order valence-corrected chi connectivity index (χ2v) is 3.99. The summed E-state index contributed by atoms with van der Waals surface area (Å²) >= 11 is 0. The Kier molecular flexibility index (Phi) is 3.27. The van der Waals surface area contributed by atoms with Gasteiger partial charge in [-0.05, 0) is 12.0 Å². The predicted molar refractivity (Wildman–Crippen MR) is 59.3 cm³/mol. The van der Waals surface area contributed by atoms with E-state index in [1.165, 1.54) is 0 Å². The van der Waals surface area contributed by atoms with Crippen molar-refractivity contribution in [2.75, 3.05) is 0 Å². The lowest BCUT2D eigenvalue weighted by molar-refractivity contribution is -0.138. The molecule has 2 atom stereocenters. The molecule has 0 aliphatic heterocycles. The zero-order valence-electron chi connectivity index (χ0n) is 9.13. The number of alkyl carbamates (subject to hydrolysis) is 1. The van der Waals surface area contributed by atoms with Gasteiger partial charge in [0.05, 0.1) is 5.92 Å². The third kappa shape index (κ3) is 3.21. The first-order valence-electron chi connectivity index (χ1n) is 5.37. The van der Waals surface area contributed by atoms with Crippen LogP contribution < -0.4 is 5.32 Å². The summed E-state index contributed by atoms with van der Waals surface area (Å²) in [5.41, 5.74) is 0.897. The smallest absolute Gasteiger partial charge is 0.407 e. The molecule has 2 rings (SSSR count). The first kappa shape index (κ1) is 11.4. The summed E-state index contributed by atoms with van der Waals surface area (Å²) in [6, 6.07) is 9.02. The van der Waals surface area contributed by atoms with E-state index in [1.807, 2.05) is 30.3 Å². The fourth-order valence-electron chi connectivity index (χ4n) is 1.54. The number of rotatable bonds is 4. The minimum Gasteiger partial charge on any atom is -0.481 e. The van der Waals surface area contributed by atoms with E-state index in [2.05, 4.69) is 5.32 Å². The highest BCUT2D eigenvalue weighted by Crippen LogP contribution is 2.30. The third-order valence-electron chi connectivity index (χ3n) is 2.62. The second-order valence-electron chi connectivity index (χ2n) is 3.99. The van der Waals surface area contributed by atoms with Crippen molar-refractivity contribution in [3.05, 3.63) is 35.9 Å². The molecule has 2 unspecified atom stereocenters. The van der Waals surface area contributed by atoms with Crippen LogP contribution in [0.15, 0.2) is 30.3 Å². The fraction of sp³-hybridized carbons (Fsp3) is 0.333. The standard InChI is InChI=1S/C12H13NO4/c14-11(15)9-6-10(9)13-12(16)17-7-8-4-2-1-3-5-8/h1-5,9-10H,6-7H2,(H,13,16)(H,14,15). The normalized spacial score (nSPS) is 21.6. The molecule has 1 saturated carbocycles. The molecule has 1 aliphatic carbocycles. The number of nitrogens with one attached hydrogen (secondary N) is 1. The van der Waals surface area contributed by atoms with Crippen molar-refractivity contribution in [3.8, 4) is 0 Å². The summed E-state index contributed by atoms with van der Waals surface area (Å²) < 4.78 is 4.96. The Labute approximate surface area is 98.4 Å². The molecule has 2 N–H and O–H groups in total. The van der Waals surface area contributed by atoms with Crippen molar-refractivity contribution in [2.24, 2.45) is 5.92 Å². The molecule has 0 aromatic heterocycles. The van der Waals surface area contributed by atoms with Gasteiger partial charge in [0, 0.05) is 6.04 Å². The average molecular weight is 235 g/mol. The van der Waals surface area contributed by atoms with Crippen LogP contribution >= 0.6 is 0 Å². The van der Waals surface area contributed by atoms with Gasteiger partial charge in [-0.2, -0.15) is 0 Å². The molecule has 1 aliphatic rings. The summed E-state index contributed by atoms with van der Waals surface area (Å²) in [4.78, 5) is 21.8. The molecule has 1 aromatic rings. The number of carboxylic acid groups (broad SMARTS) is 1. The van der Waals surface area contributed by atoms with Crippen molar-refractivity contribution in [1.82, 2.24) is 5.32 Å². The van der Waals surface area contributed by atoms with E-state index in [0.717, 1.165) is 5.56 Å². The molecule has 5 nitrogen and oxygen atoms in total. The van der Waals surface area contributed by atoms with E-state index in [0.29, 0.717) is 6.42 Å². The number of ether oxygens (including phenoxy) is 1. The molecular formula is C12H13NO4. The maximum atomic E-state index is 11.3. The highest BCUT2D eigenvalue weighted by Gasteiger charge is 2.44. The highest BCUT2D eigenvalue weighted by molar-refractivity contribution is 5.77. The van der Waals surface area contributed by atoms with Crippen molar-refractivity contribution in [2.45, 2.75) is 19.1 Å². The Hall–Kier alpha value is -2.04. The van der Waals surface area contributed by atoms with E-state index < -0.39 is 18.0 Å².